The molecule has 0 amide bonds. The summed E-state index contributed by atoms with van der Waals surface area (Å²) >= 11 is 1.64. The maximum atomic E-state index is 11.3. The third kappa shape index (κ3) is 3.51. The Bertz CT molecular complexity index is 587. The Morgan fingerprint density at radius 2 is 2.11 bits per heavy atom. The van der Waals surface area contributed by atoms with E-state index in [0.29, 0.717) is 13.1 Å². The molecule has 2 rings (SSSR count). The summed E-state index contributed by atoms with van der Waals surface area (Å²) in [5.41, 5.74) is 1.00. The monoisotopic (exact) mass is 284 g/mol. The highest BCUT2D eigenvalue weighted by Gasteiger charge is 2.07. The van der Waals surface area contributed by atoms with Crippen molar-refractivity contribution < 1.29 is 8.42 Å². The molecule has 1 N–H and O–H groups in total. The van der Waals surface area contributed by atoms with Crippen LogP contribution in [0.15, 0.2) is 24.3 Å². The first kappa shape index (κ1) is 13.5. The van der Waals surface area contributed by atoms with Gasteiger partial charge in [-0.25, -0.2) is 13.4 Å². The van der Waals surface area contributed by atoms with Crippen LogP contribution in [0.2, 0.25) is 0 Å². The molecule has 0 unspecified atom stereocenters. The van der Waals surface area contributed by atoms with Gasteiger partial charge in [-0.1, -0.05) is 19.1 Å². The van der Waals surface area contributed by atoms with Gasteiger partial charge in [-0.15, -0.1) is 11.3 Å². The highest BCUT2D eigenvalue weighted by atomic mass is 32.2. The van der Waals surface area contributed by atoms with E-state index >= 15 is 0 Å². The van der Waals surface area contributed by atoms with Crippen LogP contribution in [-0.2, 0) is 16.4 Å². The Morgan fingerprint density at radius 1 is 1.33 bits per heavy atom. The van der Waals surface area contributed by atoms with E-state index in [4.69, 9.17) is 0 Å². The highest BCUT2D eigenvalue weighted by Crippen LogP contribution is 2.21. The van der Waals surface area contributed by atoms with Crippen molar-refractivity contribution in [2.75, 3.05) is 18.1 Å². The van der Waals surface area contributed by atoms with Crippen molar-refractivity contribution >= 4 is 31.4 Å². The molecule has 98 valence electrons. The smallest absolute Gasteiger partial charge is 0.151 e. The van der Waals surface area contributed by atoms with Gasteiger partial charge in [0.25, 0.3) is 0 Å². The lowest BCUT2D eigenvalue weighted by atomic mass is 10.3. The van der Waals surface area contributed by atoms with Gasteiger partial charge in [0, 0.05) is 18.8 Å². The average Bonchev–Trinajstić information content (AvgIpc) is 2.77. The van der Waals surface area contributed by atoms with Crippen LogP contribution >= 0.6 is 11.3 Å². The van der Waals surface area contributed by atoms with Crippen molar-refractivity contribution in [2.45, 2.75) is 13.5 Å². The second-order valence-electron chi connectivity index (χ2n) is 3.99. The van der Waals surface area contributed by atoms with Crippen molar-refractivity contribution in [3.05, 3.63) is 29.3 Å². The molecule has 0 spiro atoms. The number of para-hydroxylation sites is 1. The van der Waals surface area contributed by atoms with Crippen molar-refractivity contribution in [2.24, 2.45) is 0 Å². The van der Waals surface area contributed by atoms with Crippen LogP contribution < -0.4 is 5.32 Å². The molecular formula is C12H16N2O2S2. The minimum absolute atomic E-state index is 0.189. The predicted molar refractivity (Wildman–Crippen MR) is 75.7 cm³/mol. The lowest BCUT2D eigenvalue weighted by Gasteiger charge is -2.02. The Balaban J connectivity index is 1.87. The molecule has 18 heavy (non-hydrogen) atoms. The Morgan fingerprint density at radius 3 is 2.83 bits per heavy atom. The summed E-state index contributed by atoms with van der Waals surface area (Å²) in [5.74, 6) is 0.393. The number of nitrogens with zero attached hydrogens (tertiary/aromatic N) is 1. The van der Waals surface area contributed by atoms with Gasteiger partial charge < -0.3 is 5.32 Å². The summed E-state index contributed by atoms with van der Waals surface area (Å²) < 4.78 is 23.8. The number of fused-ring (bicyclic) bond motifs is 1. The number of aromatic nitrogens is 1. The van der Waals surface area contributed by atoms with Crippen molar-refractivity contribution in [1.82, 2.24) is 10.3 Å². The van der Waals surface area contributed by atoms with Crippen LogP contribution in [0, 0.1) is 0 Å². The Hall–Kier alpha value is -0.980. The van der Waals surface area contributed by atoms with Gasteiger partial charge in [0.1, 0.15) is 5.01 Å². The minimum Gasteiger partial charge on any atom is -0.309 e. The molecular weight excluding hydrogens is 268 g/mol. The van der Waals surface area contributed by atoms with Crippen LogP contribution in [0.3, 0.4) is 0 Å². The predicted octanol–water partition coefficient (Wildman–Crippen LogP) is 1.82. The third-order valence-electron chi connectivity index (χ3n) is 2.64. The normalized spacial score (nSPS) is 12.1. The van der Waals surface area contributed by atoms with Crippen LogP contribution in [0.1, 0.15) is 11.9 Å². The zero-order valence-electron chi connectivity index (χ0n) is 10.2. The van der Waals surface area contributed by atoms with Crippen LogP contribution in [0.5, 0.6) is 0 Å². The molecule has 1 aromatic carbocycles. The second-order valence-corrected chi connectivity index (χ2v) is 7.58. The van der Waals surface area contributed by atoms with Crippen molar-refractivity contribution in [3.8, 4) is 0 Å². The number of hydrogen-bond acceptors (Lipinski definition) is 5. The molecule has 0 fully saturated rings. The molecule has 0 atom stereocenters. The fourth-order valence-electron chi connectivity index (χ4n) is 1.56. The standard InChI is InChI=1S/C12H16N2O2S2/c1-2-18(15,16)8-7-13-9-12-14-10-5-3-4-6-11(10)17-12/h3-6,13H,2,7-9H2,1H3. The number of hydrogen-bond donors (Lipinski definition) is 1. The van der Waals surface area contributed by atoms with E-state index < -0.39 is 9.84 Å². The summed E-state index contributed by atoms with van der Waals surface area (Å²) in [6.45, 7) is 2.77. The third-order valence-corrected chi connectivity index (χ3v) is 5.39. The van der Waals surface area contributed by atoms with Crippen LogP contribution in [0.25, 0.3) is 10.2 Å². The zero-order chi connectivity index (χ0) is 13.0. The minimum atomic E-state index is -2.88. The maximum Gasteiger partial charge on any atom is 0.151 e. The molecule has 0 aliphatic rings. The topological polar surface area (TPSA) is 59.1 Å². The molecule has 0 aliphatic carbocycles. The first-order chi connectivity index (χ1) is 8.61. The van der Waals surface area contributed by atoms with E-state index in [1.807, 2.05) is 24.3 Å². The fraction of sp³-hybridized carbons (Fsp3) is 0.417. The average molecular weight is 284 g/mol. The molecule has 0 radical (unpaired) electrons. The van der Waals surface area contributed by atoms with Gasteiger partial charge in [-0.05, 0) is 12.1 Å². The highest BCUT2D eigenvalue weighted by molar-refractivity contribution is 7.91. The van der Waals surface area contributed by atoms with Gasteiger partial charge >= 0.3 is 0 Å². The van der Waals surface area contributed by atoms with E-state index in [1.165, 1.54) is 0 Å². The Labute approximate surface area is 111 Å². The molecule has 0 saturated heterocycles. The van der Waals surface area contributed by atoms with Gasteiger partial charge in [0.15, 0.2) is 9.84 Å². The van der Waals surface area contributed by atoms with Gasteiger partial charge in [-0.2, -0.15) is 0 Å². The maximum absolute atomic E-state index is 11.3. The largest absolute Gasteiger partial charge is 0.309 e. The van der Waals surface area contributed by atoms with Gasteiger partial charge in [-0.3, -0.25) is 0 Å². The first-order valence-electron chi connectivity index (χ1n) is 5.86. The van der Waals surface area contributed by atoms with E-state index in [2.05, 4.69) is 10.3 Å². The SMILES string of the molecule is CCS(=O)(=O)CCNCc1nc2ccccc2s1. The fourth-order valence-corrected chi connectivity index (χ4v) is 3.24. The van der Waals surface area contributed by atoms with Crippen LogP contribution in [-0.4, -0.2) is 31.5 Å². The molecule has 0 saturated carbocycles. The lowest BCUT2D eigenvalue weighted by molar-refractivity contribution is 0.592. The summed E-state index contributed by atoms with van der Waals surface area (Å²) in [7, 11) is -2.88. The van der Waals surface area contributed by atoms with E-state index in [0.717, 1.165) is 15.2 Å². The lowest BCUT2D eigenvalue weighted by Crippen LogP contribution is -2.23. The summed E-state index contributed by atoms with van der Waals surface area (Å²) in [6, 6.07) is 7.98. The molecule has 2 aromatic rings. The summed E-state index contributed by atoms with van der Waals surface area (Å²) in [4.78, 5) is 4.47. The summed E-state index contributed by atoms with van der Waals surface area (Å²) in [6.07, 6.45) is 0. The first-order valence-corrected chi connectivity index (χ1v) is 8.50. The zero-order valence-corrected chi connectivity index (χ0v) is 11.9. The molecule has 0 bridgehead atoms. The van der Waals surface area contributed by atoms with Crippen molar-refractivity contribution in [1.29, 1.82) is 0 Å². The molecule has 0 aliphatic heterocycles. The number of nitrogens with one attached hydrogen (secondary N) is 1. The molecule has 4 nitrogen and oxygen atoms in total. The second kappa shape index (κ2) is 5.77. The summed E-state index contributed by atoms with van der Waals surface area (Å²) in [5, 5.41) is 4.11. The molecule has 1 heterocycles. The van der Waals surface area contributed by atoms with E-state index in [1.54, 1.807) is 18.3 Å². The van der Waals surface area contributed by atoms with Gasteiger partial charge in [0.2, 0.25) is 0 Å². The van der Waals surface area contributed by atoms with E-state index in [9.17, 15) is 8.42 Å². The number of thiazole rings is 1. The van der Waals surface area contributed by atoms with Gasteiger partial charge in [0.05, 0.1) is 16.0 Å². The molecule has 6 heteroatoms. The quantitative estimate of drug-likeness (QED) is 0.822. The molecule has 1 aromatic heterocycles. The van der Waals surface area contributed by atoms with Crippen LogP contribution in [0.4, 0.5) is 0 Å². The Kier molecular flexibility index (Phi) is 4.31. The van der Waals surface area contributed by atoms with E-state index in [-0.39, 0.29) is 11.5 Å². The number of sulfone groups is 1. The number of benzene rings is 1. The van der Waals surface area contributed by atoms with Crippen molar-refractivity contribution in [3.63, 3.8) is 0 Å². The number of rotatable bonds is 6.